The minimum Gasteiger partial charge on any atom is -0.344 e. The molecule has 1 aromatic rings. The summed E-state index contributed by atoms with van der Waals surface area (Å²) < 4.78 is 6.06. The zero-order chi connectivity index (χ0) is 16.4. The van der Waals surface area contributed by atoms with E-state index in [2.05, 4.69) is 30.8 Å². The van der Waals surface area contributed by atoms with Crippen molar-refractivity contribution in [3.63, 3.8) is 0 Å². The van der Waals surface area contributed by atoms with E-state index in [0.717, 1.165) is 42.7 Å². The summed E-state index contributed by atoms with van der Waals surface area (Å²) >= 11 is 0. The molecule has 0 aromatic heterocycles. The van der Waals surface area contributed by atoms with Crippen molar-refractivity contribution in [1.82, 2.24) is 0 Å². The van der Waals surface area contributed by atoms with Crippen molar-refractivity contribution in [2.45, 2.75) is 75.6 Å². The molecule has 1 heterocycles. The molecule has 0 amide bonds. The van der Waals surface area contributed by atoms with Gasteiger partial charge in [0.15, 0.2) is 0 Å². The highest BCUT2D eigenvalue weighted by Crippen LogP contribution is 2.38. The number of benzene rings is 1. The monoisotopic (exact) mass is 328 g/mol. The maximum atomic E-state index is 6.06. The molecule has 3 heteroatoms. The van der Waals surface area contributed by atoms with E-state index in [0.29, 0.717) is 6.61 Å². The van der Waals surface area contributed by atoms with Gasteiger partial charge in [-0.1, -0.05) is 50.1 Å². The minimum atomic E-state index is -0.499. The molecule has 0 N–H and O–H groups in total. The molecular weight excluding hydrogens is 300 g/mol. The van der Waals surface area contributed by atoms with Gasteiger partial charge < -0.3 is 4.74 Å². The average molecular weight is 328 g/mol. The summed E-state index contributed by atoms with van der Waals surface area (Å²) in [7, 11) is 0. The molecule has 1 unspecified atom stereocenters. The SMILES string of the molecule is C=C(c1ccc(C2CCCC2)cc1)C1COC2(CCCCC2)OO1. The zero-order valence-corrected chi connectivity index (χ0v) is 14.5. The number of rotatable bonds is 3. The second-order valence-corrected chi connectivity index (χ2v) is 7.58. The van der Waals surface area contributed by atoms with E-state index in [9.17, 15) is 0 Å². The van der Waals surface area contributed by atoms with Crippen LogP contribution in [0.15, 0.2) is 30.8 Å². The van der Waals surface area contributed by atoms with Gasteiger partial charge in [-0.15, -0.1) is 0 Å². The summed E-state index contributed by atoms with van der Waals surface area (Å²) in [5.74, 6) is 0.248. The van der Waals surface area contributed by atoms with Crippen LogP contribution in [-0.4, -0.2) is 18.5 Å². The molecule has 1 atom stereocenters. The predicted octanol–water partition coefficient (Wildman–Crippen LogP) is 5.36. The highest BCUT2D eigenvalue weighted by Gasteiger charge is 2.41. The molecule has 1 aliphatic heterocycles. The van der Waals surface area contributed by atoms with Crippen molar-refractivity contribution in [2.75, 3.05) is 6.61 Å². The largest absolute Gasteiger partial charge is 0.344 e. The Kier molecular flexibility index (Phi) is 4.75. The topological polar surface area (TPSA) is 27.7 Å². The highest BCUT2D eigenvalue weighted by molar-refractivity contribution is 5.67. The Morgan fingerprint density at radius 3 is 2.29 bits per heavy atom. The molecule has 3 aliphatic rings. The summed E-state index contributed by atoms with van der Waals surface area (Å²) in [5, 5.41) is 0. The first kappa shape index (κ1) is 16.3. The lowest BCUT2D eigenvalue weighted by atomic mass is 9.93. The van der Waals surface area contributed by atoms with Crippen LogP contribution in [0.4, 0.5) is 0 Å². The van der Waals surface area contributed by atoms with Crippen LogP contribution in [0.1, 0.15) is 74.8 Å². The molecule has 4 rings (SSSR count). The molecule has 24 heavy (non-hydrogen) atoms. The van der Waals surface area contributed by atoms with E-state index in [1.165, 1.54) is 37.7 Å². The number of hydrogen-bond acceptors (Lipinski definition) is 3. The molecule has 0 radical (unpaired) electrons. The Labute approximate surface area is 144 Å². The van der Waals surface area contributed by atoms with Gasteiger partial charge >= 0.3 is 0 Å². The van der Waals surface area contributed by atoms with E-state index in [1.54, 1.807) is 0 Å². The Balaban J connectivity index is 1.37. The van der Waals surface area contributed by atoms with Gasteiger partial charge in [-0.25, -0.2) is 9.78 Å². The van der Waals surface area contributed by atoms with E-state index in [4.69, 9.17) is 14.5 Å². The van der Waals surface area contributed by atoms with Crippen molar-refractivity contribution in [3.8, 4) is 0 Å². The van der Waals surface area contributed by atoms with Gasteiger partial charge in [-0.2, -0.15) is 0 Å². The minimum absolute atomic E-state index is 0.213. The fourth-order valence-corrected chi connectivity index (χ4v) is 4.32. The standard InChI is InChI=1S/C21H28O3/c1-16(17-9-11-19(12-10-17)18-7-3-4-8-18)20-15-22-21(24-23-20)13-5-2-6-14-21/h9-12,18,20H,1-8,13-15H2. The Morgan fingerprint density at radius 1 is 0.958 bits per heavy atom. The molecule has 3 fully saturated rings. The normalized spacial score (nSPS) is 27.4. The van der Waals surface area contributed by atoms with E-state index < -0.39 is 5.79 Å². The third-order valence-corrected chi connectivity index (χ3v) is 5.93. The lowest BCUT2D eigenvalue weighted by molar-refractivity contribution is -0.483. The van der Waals surface area contributed by atoms with Crippen molar-refractivity contribution in [3.05, 3.63) is 42.0 Å². The zero-order valence-electron chi connectivity index (χ0n) is 14.5. The average Bonchev–Trinajstić information content (AvgIpc) is 3.17. The van der Waals surface area contributed by atoms with Crippen LogP contribution >= 0.6 is 0 Å². The van der Waals surface area contributed by atoms with Gasteiger partial charge in [-0.05, 0) is 48.3 Å². The molecule has 3 nitrogen and oxygen atoms in total. The van der Waals surface area contributed by atoms with Gasteiger partial charge in [0.25, 0.3) is 0 Å². The van der Waals surface area contributed by atoms with E-state index >= 15 is 0 Å². The molecule has 2 aliphatic carbocycles. The first-order valence-corrected chi connectivity index (χ1v) is 9.53. The molecule has 1 spiro atoms. The second kappa shape index (κ2) is 6.99. The van der Waals surface area contributed by atoms with Gasteiger partial charge in [0, 0.05) is 12.8 Å². The Morgan fingerprint density at radius 2 is 1.67 bits per heavy atom. The van der Waals surface area contributed by atoms with Crippen LogP contribution in [0.2, 0.25) is 0 Å². The van der Waals surface area contributed by atoms with Crippen molar-refractivity contribution in [2.24, 2.45) is 0 Å². The first-order valence-electron chi connectivity index (χ1n) is 9.53. The van der Waals surface area contributed by atoms with Gasteiger partial charge in [0.2, 0.25) is 5.79 Å². The molecule has 0 bridgehead atoms. The maximum absolute atomic E-state index is 6.06. The predicted molar refractivity (Wildman–Crippen MR) is 94.4 cm³/mol. The highest BCUT2D eigenvalue weighted by atomic mass is 17.2. The van der Waals surface area contributed by atoms with Gasteiger partial charge in [0.1, 0.15) is 6.10 Å². The molecule has 1 saturated heterocycles. The van der Waals surface area contributed by atoms with Gasteiger partial charge in [0.05, 0.1) is 6.61 Å². The first-order chi connectivity index (χ1) is 11.8. The van der Waals surface area contributed by atoms with Crippen LogP contribution in [0.3, 0.4) is 0 Å². The van der Waals surface area contributed by atoms with Crippen molar-refractivity contribution < 1.29 is 14.5 Å². The third-order valence-electron chi connectivity index (χ3n) is 5.93. The molecule has 1 aromatic carbocycles. The van der Waals surface area contributed by atoms with Crippen LogP contribution < -0.4 is 0 Å². The number of ether oxygens (including phenoxy) is 1. The lowest BCUT2D eigenvalue weighted by Crippen LogP contribution is -2.46. The Bertz CT molecular complexity index is 555. The third kappa shape index (κ3) is 3.30. The van der Waals surface area contributed by atoms with Crippen LogP contribution in [0.5, 0.6) is 0 Å². The quantitative estimate of drug-likeness (QED) is 0.699. The van der Waals surface area contributed by atoms with E-state index in [-0.39, 0.29) is 6.10 Å². The van der Waals surface area contributed by atoms with Crippen LogP contribution in [0.25, 0.3) is 5.57 Å². The molecular formula is C21H28O3. The van der Waals surface area contributed by atoms with Crippen LogP contribution in [-0.2, 0) is 14.5 Å². The van der Waals surface area contributed by atoms with Crippen molar-refractivity contribution >= 4 is 5.57 Å². The summed E-state index contributed by atoms with van der Waals surface area (Å²) in [6.45, 7) is 4.76. The van der Waals surface area contributed by atoms with Gasteiger partial charge in [-0.3, -0.25) is 0 Å². The summed E-state index contributed by atoms with van der Waals surface area (Å²) in [6, 6.07) is 8.85. The Hall–Kier alpha value is -1.16. The summed E-state index contributed by atoms with van der Waals surface area (Å²) in [6.07, 6.45) is 10.6. The fraction of sp³-hybridized carbons (Fsp3) is 0.619. The smallest absolute Gasteiger partial charge is 0.201 e. The lowest BCUT2D eigenvalue weighted by Gasteiger charge is -2.41. The molecule has 130 valence electrons. The van der Waals surface area contributed by atoms with E-state index in [1.807, 2.05) is 0 Å². The van der Waals surface area contributed by atoms with Crippen molar-refractivity contribution in [1.29, 1.82) is 0 Å². The fourth-order valence-electron chi connectivity index (χ4n) is 4.32. The number of hydrogen-bond donors (Lipinski definition) is 0. The molecule has 2 saturated carbocycles. The maximum Gasteiger partial charge on any atom is 0.201 e. The van der Waals surface area contributed by atoms with Crippen LogP contribution in [0, 0.1) is 0 Å². The summed E-state index contributed by atoms with van der Waals surface area (Å²) in [5.41, 5.74) is 3.52. The second-order valence-electron chi connectivity index (χ2n) is 7.58. The summed E-state index contributed by atoms with van der Waals surface area (Å²) in [4.78, 5) is 11.4.